The van der Waals surface area contributed by atoms with Crippen LogP contribution in [0.15, 0.2) is 152 Å². The van der Waals surface area contributed by atoms with Gasteiger partial charge in [-0.05, 0) is 36.1 Å². The Morgan fingerprint density at radius 3 is 1.26 bits per heavy atom. The Morgan fingerprint density at radius 1 is 0.580 bits per heavy atom. The van der Waals surface area contributed by atoms with Gasteiger partial charge in [-0.25, -0.2) is 4.79 Å². The van der Waals surface area contributed by atoms with Gasteiger partial charge in [0.15, 0.2) is 17.0 Å². The predicted octanol–water partition coefficient (Wildman–Crippen LogP) is 8.52. The summed E-state index contributed by atoms with van der Waals surface area (Å²) in [6, 6.07) is 47.4. The molecule has 254 valence electrons. The van der Waals surface area contributed by atoms with Gasteiger partial charge < -0.3 is 18.7 Å². The van der Waals surface area contributed by atoms with Gasteiger partial charge in [-0.1, -0.05) is 152 Å². The summed E-state index contributed by atoms with van der Waals surface area (Å²) in [5.74, 6) is -2.57. The van der Waals surface area contributed by atoms with E-state index in [0.717, 1.165) is 22.3 Å². The van der Waals surface area contributed by atoms with Gasteiger partial charge in [0, 0.05) is 12.5 Å². The number of carbonyl (C=O) groups excluding carboxylic acids is 2. The van der Waals surface area contributed by atoms with Gasteiger partial charge in [0.05, 0.1) is 0 Å². The van der Waals surface area contributed by atoms with E-state index in [2.05, 4.69) is 0 Å². The van der Waals surface area contributed by atoms with Crippen LogP contribution in [0.2, 0.25) is 0 Å². The standard InChI is InChI=1S/C41H37O8P/c1-29(42)44-35(30-19-9-4-10-20-30)38(43)47-50-48-40(31-21-11-5-12-22-31,32-23-13-6-14-24-32)36-37(46-39(2,3)45-36)41(49-50,33-25-15-7-16-26-33)34-27-17-8-18-28-34/h4-28,35-37H,1-3H3/t35-,36-,37-/m1/s1. The third-order valence-electron chi connectivity index (χ3n) is 8.91. The van der Waals surface area contributed by atoms with Gasteiger partial charge in [0.2, 0.25) is 6.10 Å². The van der Waals surface area contributed by atoms with Crippen molar-refractivity contribution < 1.29 is 37.4 Å². The first-order valence-electron chi connectivity index (χ1n) is 16.4. The van der Waals surface area contributed by atoms with E-state index in [-0.39, 0.29) is 0 Å². The number of carbonyl (C=O) groups is 2. The van der Waals surface area contributed by atoms with Crippen LogP contribution < -0.4 is 0 Å². The number of rotatable bonds is 8. The molecule has 0 aromatic heterocycles. The van der Waals surface area contributed by atoms with Crippen LogP contribution in [0.1, 0.15) is 54.7 Å². The lowest BCUT2D eigenvalue weighted by molar-refractivity contribution is -0.178. The van der Waals surface area contributed by atoms with E-state index in [0.29, 0.717) is 5.56 Å². The van der Waals surface area contributed by atoms with E-state index >= 15 is 0 Å². The molecule has 0 spiro atoms. The number of benzene rings is 5. The fourth-order valence-corrected chi connectivity index (χ4v) is 8.32. The van der Waals surface area contributed by atoms with Crippen molar-refractivity contribution in [1.82, 2.24) is 0 Å². The molecular weight excluding hydrogens is 651 g/mol. The summed E-state index contributed by atoms with van der Waals surface area (Å²) < 4.78 is 40.1. The highest BCUT2D eigenvalue weighted by molar-refractivity contribution is 7.42. The molecule has 2 heterocycles. The lowest BCUT2D eigenvalue weighted by Crippen LogP contribution is -2.53. The highest BCUT2D eigenvalue weighted by atomic mass is 31.2. The molecule has 0 bridgehead atoms. The molecule has 0 radical (unpaired) electrons. The molecule has 0 saturated carbocycles. The Kier molecular flexibility index (Phi) is 9.40. The summed E-state index contributed by atoms with van der Waals surface area (Å²) in [4.78, 5) is 26.6. The molecule has 8 nitrogen and oxygen atoms in total. The van der Waals surface area contributed by atoms with Crippen LogP contribution in [0.4, 0.5) is 0 Å². The van der Waals surface area contributed by atoms with Crippen LogP contribution in [0.25, 0.3) is 0 Å². The summed E-state index contributed by atoms with van der Waals surface area (Å²) in [5.41, 5.74) is 0.580. The second kappa shape index (κ2) is 13.9. The van der Waals surface area contributed by atoms with Crippen LogP contribution in [0, 0.1) is 0 Å². The molecule has 5 aromatic rings. The summed E-state index contributed by atoms with van der Waals surface area (Å²) >= 11 is 0. The molecule has 2 saturated heterocycles. The topological polar surface area (TPSA) is 89.5 Å². The van der Waals surface area contributed by atoms with Crippen molar-refractivity contribution in [2.75, 3.05) is 0 Å². The fraction of sp³-hybridized carbons (Fsp3) is 0.220. The second-order valence-corrected chi connectivity index (χ2v) is 13.6. The molecule has 2 aliphatic heterocycles. The minimum Gasteiger partial charge on any atom is -0.446 e. The number of hydrogen-bond acceptors (Lipinski definition) is 8. The van der Waals surface area contributed by atoms with Gasteiger partial charge in [-0.2, -0.15) is 0 Å². The van der Waals surface area contributed by atoms with Crippen molar-refractivity contribution in [1.29, 1.82) is 0 Å². The van der Waals surface area contributed by atoms with E-state index < -0.39 is 55.8 Å². The van der Waals surface area contributed by atoms with Crippen molar-refractivity contribution in [3.05, 3.63) is 179 Å². The minimum absolute atomic E-state index is 0.442. The van der Waals surface area contributed by atoms with Crippen LogP contribution in [0.3, 0.4) is 0 Å². The Labute approximate surface area is 292 Å². The van der Waals surface area contributed by atoms with Crippen LogP contribution in [0.5, 0.6) is 0 Å². The number of hydrogen-bond donors (Lipinski definition) is 0. The van der Waals surface area contributed by atoms with Crippen LogP contribution >= 0.6 is 8.60 Å². The Hall–Kier alpha value is -4.69. The maximum atomic E-state index is 14.3. The summed E-state index contributed by atoms with van der Waals surface area (Å²) in [7, 11) is -2.61. The monoisotopic (exact) mass is 688 g/mol. The molecule has 50 heavy (non-hydrogen) atoms. The highest BCUT2D eigenvalue weighted by Gasteiger charge is 2.67. The van der Waals surface area contributed by atoms with Crippen molar-refractivity contribution in [3.8, 4) is 0 Å². The van der Waals surface area contributed by atoms with E-state index in [1.54, 1.807) is 24.3 Å². The third-order valence-corrected chi connectivity index (χ3v) is 10.1. The van der Waals surface area contributed by atoms with Gasteiger partial charge >= 0.3 is 20.5 Å². The summed E-state index contributed by atoms with van der Waals surface area (Å²) in [5, 5.41) is 0. The van der Waals surface area contributed by atoms with Crippen LogP contribution in [-0.2, 0) is 48.6 Å². The average Bonchev–Trinajstić information content (AvgIpc) is 3.43. The maximum absolute atomic E-state index is 14.3. The van der Waals surface area contributed by atoms with Crippen molar-refractivity contribution in [2.24, 2.45) is 0 Å². The van der Waals surface area contributed by atoms with E-state index in [4.69, 9.17) is 27.8 Å². The Morgan fingerprint density at radius 2 is 0.920 bits per heavy atom. The van der Waals surface area contributed by atoms with E-state index in [1.807, 2.05) is 141 Å². The lowest BCUT2D eigenvalue weighted by atomic mass is 9.72. The molecule has 9 heteroatoms. The van der Waals surface area contributed by atoms with Crippen molar-refractivity contribution in [2.45, 2.75) is 56.1 Å². The normalized spacial score (nSPS) is 21.3. The minimum atomic E-state index is -2.61. The zero-order chi connectivity index (χ0) is 34.8. The summed E-state index contributed by atoms with van der Waals surface area (Å²) in [6.45, 7) is 4.99. The number of esters is 1. The SMILES string of the molecule is CC(=O)O[C@@H](C(=O)OP1OC(c2ccccc2)(c2ccccc2)[C@@H]2OC(C)(C)O[C@H]2C(c2ccccc2)(c2ccccc2)O1)c1ccccc1. The largest absolute Gasteiger partial charge is 0.446 e. The zero-order valence-corrected chi connectivity index (χ0v) is 28.8. The summed E-state index contributed by atoms with van der Waals surface area (Å²) in [6.07, 6.45) is -3.05. The van der Waals surface area contributed by atoms with E-state index in [9.17, 15) is 9.59 Å². The number of ether oxygens (including phenoxy) is 3. The maximum Gasteiger partial charge on any atom is 0.402 e. The lowest BCUT2D eigenvalue weighted by Gasteiger charge is -2.41. The third kappa shape index (κ3) is 6.26. The average molecular weight is 689 g/mol. The van der Waals surface area contributed by atoms with Gasteiger partial charge in [-0.3, -0.25) is 13.8 Å². The molecule has 0 unspecified atom stereocenters. The highest BCUT2D eigenvalue weighted by Crippen LogP contribution is 2.65. The zero-order valence-electron chi connectivity index (χ0n) is 27.9. The van der Waals surface area contributed by atoms with Gasteiger partial charge in [0.1, 0.15) is 12.2 Å². The first-order chi connectivity index (χ1) is 24.2. The first-order valence-corrected chi connectivity index (χ1v) is 17.5. The molecule has 3 atom stereocenters. The molecule has 2 aliphatic rings. The Bertz CT molecular complexity index is 1720. The number of fused-ring (bicyclic) bond motifs is 1. The van der Waals surface area contributed by atoms with Gasteiger partial charge in [-0.15, -0.1) is 0 Å². The quantitative estimate of drug-likeness (QED) is 0.118. The van der Waals surface area contributed by atoms with Gasteiger partial charge in [0.25, 0.3) is 0 Å². The molecule has 2 fully saturated rings. The molecule has 0 N–H and O–H groups in total. The second-order valence-electron chi connectivity index (χ2n) is 12.6. The molecule has 0 aliphatic carbocycles. The molecular formula is C41H37O8P. The predicted molar refractivity (Wildman–Crippen MR) is 187 cm³/mol. The fourth-order valence-electron chi connectivity index (χ4n) is 6.86. The van der Waals surface area contributed by atoms with Crippen molar-refractivity contribution in [3.63, 3.8) is 0 Å². The molecule has 5 aromatic carbocycles. The van der Waals surface area contributed by atoms with Crippen molar-refractivity contribution >= 4 is 20.5 Å². The first kappa shape index (κ1) is 33.8. The Balaban J connectivity index is 1.49. The molecule has 7 rings (SSSR count). The molecule has 0 amide bonds. The van der Waals surface area contributed by atoms with E-state index in [1.165, 1.54) is 6.92 Å². The van der Waals surface area contributed by atoms with Crippen LogP contribution in [-0.4, -0.2) is 29.9 Å². The smallest absolute Gasteiger partial charge is 0.402 e.